The second kappa shape index (κ2) is 5.53. The van der Waals surface area contributed by atoms with Crippen LogP contribution in [-0.4, -0.2) is 18.5 Å². The summed E-state index contributed by atoms with van der Waals surface area (Å²) >= 11 is 0. The summed E-state index contributed by atoms with van der Waals surface area (Å²) in [6.45, 7) is 7.18. The summed E-state index contributed by atoms with van der Waals surface area (Å²) in [5.41, 5.74) is 2.44. The molecule has 1 fully saturated rings. The van der Waals surface area contributed by atoms with Crippen LogP contribution in [0.2, 0.25) is 0 Å². The third-order valence-corrected chi connectivity index (χ3v) is 3.47. The van der Waals surface area contributed by atoms with E-state index in [1.807, 2.05) is 12.1 Å². The molecule has 0 spiro atoms. The van der Waals surface area contributed by atoms with E-state index in [2.05, 4.69) is 43.5 Å². The van der Waals surface area contributed by atoms with Gasteiger partial charge in [-0.2, -0.15) is 0 Å². The van der Waals surface area contributed by atoms with Gasteiger partial charge in [-0.15, -0.1) is 0 Å². The summed E-state index contributed by atoms with van der Waals surface area (Å²) in [5, 5.41) is 6.49. The number of hydrogen-bond donors (Lipinski definition) is 2. The first-order valence-electron chi connectivity index (χ1n) is 6.67. The largest absolute Gasteiger partial charge is 0.347 e. The van der Waals surface area contributed by atoms with Gasteiger partial charge in [0.2, 0.25) is 5.91 Å². The van der Waals surface area contributed by atoms with Crippen molar-refractivity contribution in [2.75, 3.05) is 6.54 Å². The highest BCUT2D eigenvalue weighted by Crippen LogP contribution is 2.20. The van der Waals surface area contributed by atoms with Crippen molar-refractivity contribution >= 4 is 5.91 Å². The van der Waals surface area contributed by atoms with Gasteiger partial charge in [-0.3, -0.25) is 4.79 Å². The van der Waals surface area contributed by atoms with Gasteiger partial charge in [-0.05, 0) is 30.4 Å². The number of aryl methyl sites for hydroxylation is 1. The minimum Gasteiger partial charge on any atom is -0.347 e. The van der Waals surface area contributed by atoms with Crippen LogP contribution in [0.4, 0.5) is 0 Å². The number of benzene rings is 1. The van der Waals surface area contributed by atoms with Gasteiger partial charge < -0.3 is 10.6 Å². The summed E-state index contributed by atoms with van der Waals surface area (Å²) in [7, 11) is 0. The first kappa shape index (κ1) is 13.1. The topological polar surface area (TPSA) is 41.1 Å². The minimum absolute atomic E-state index is 0.0368. The van der Waals surface area contributed by atoms with Gasteiger partial charge >= 0.3 is 0 Å². The first-order chi connectivity index (χ1) is 8.58. The normalized spacial score (nSPS) is 24.1. The van der Waals surface area contributed by atoms with Gasteiger partial charge in [0.15, 0.2) is 0 Å². The molecule has 0 bridgehead atoms. The average Bonchev–Trinajstić information content (AvgIpc) is 2.32. The summed E-state index contributed by atoms with van der Waals surface area (Å²) in [4.78, 5) is 12.1. The van der Waals surface area contributed by atoms with E-state index < -0.39 is 0 Å². The van der Waals surface area contributed by atoms with Crippen LogP contribution in [0.1, 0.15) is 37.4 Å². The first-order valence-corrected chi connectivity index (χ1v) is 6.67. The highest BCUT2D eigenvalue weighted by atomic mass is 16.2. The van der Waals surface area contributed by atoms with E-state index in [1.54, 1.807) is 0 Å². The van der Waals surface area contributed by atoms with Crippen molar-refractivity contribution in [1.82, 2.24) is 10.6 Å². The molecule has 18 heavy (non-hydrogen) atoms. The van der Waals surface area contributed by atoms with E-state index in [9.17, 15) is 4.79 Å². The Kier molecular flexibility index (Phi) is 4.02. The minimum atomic E-state index is -0.0368. The zero-order chi connectivity index (χ0) is 13.1. The standard InChI is InChI=1S/C15H22N2O/c1-10(2)8-13-15(18)17-14(9-16-13)12-7-5-4-6-11(12)3/h4-7,10,13-14,16H,8-9H2,1-3H3,(H,17,18)/t13-,14+/m0/s1. The molecule has 2 rings (SSSR count). The zero-order valence-electron chi connectivity index (χ0n) is 11.4. The third kappa shape index (κ3) is 2.91. The number of carbonyl (C=O) groups is 1. The van der Waals surface area contributed by atoms with Crippen molar-refractivity contribution in [2.24, 2.45) is 5.92 Å². The molecule has 0 saturated carbocycles. The molecule has 1 amide bonds. The molecule has 1 aliphatic rings. The second-order valence-corrected chi connectivity index (χ2v) is 5.51. The lowest BCUT2D eigenvalue weighted by molar-refractivity contribution is -0.125. The summed E-state index contributed by atoms with van der Waals surface area (Å²) in [6, 6.07) is 8.28. The van der Waals surface area contributed by atoms with Gasteiger partial charge in [0.05, 0.1) is 12.1 Å². The molecule has 0 aromatic heterocycles. The van der Waals surface area contributed by atoms with E-state index in [0.717, 1.165) is 13.0 Å². The summed E-state index contributed by atoms with van der Waals surface area (Å²) < 4.78 is 0. The molecule has 1 aromatic carbocycles. The molecular formula is C15H22N2O. The Hall–Kier alpha value is -1.35. The number of hydrogen-bond acceptors (Lipinski definition) is 2. The van der Waals surface area contributed by atoms with Gasteiger partial charge in [0, 0.05) is 6.54 Å². The smallest absolute Gasteiger partial charge is 0.237 e. The molecule has 98 valence electrons. The molecule has 2 atom stereocenters. The maximum atomic E-state index is 12.1. The number of carbonyl (C=O) groups excluding carboxylic acids is 1. The fourth-order valence-corrected chi connectivity index (χ4v) is 2.50. The number of nitrogens with one attached hydrogen (secondary N) is 2. The molecule has 2 N–H and O–H groups in total. The lowest BCUT2D eigenvalue weighted by Crippen LogP contribution is -2.54. The quantitative estimate of drug-likeness (QED) is 0.858. The maximum absolute atomic E-state index is 12.1. The molecule has 0 aliphatic carbocycles. The Morgan fingerprint density at radius 1 is 1.33 bits per heavy atom. The Labute approximate surface area is 109 Å². The van der Waals surface area contributed by atoms with Crippen molar-refractivity contribution in [2.45, 2.75) is 39.3 Å². The van der Waals surface area contributed by atoms with E-state index in [-0.39, 0.29) is 18.0 Å². The highest BCUT2D eigenvalue weighted by molar-refractivity contribution is 5.83. The fraction of sp³-hybridized carbons (Fsp3) is 0.533. The van der Waals surface area contributed by atoms with E-state index in [0.29, 0.717) is 5.92 Å². The van der Waals surface area contributed by atoms with Crippen LogP contribution >= 0.6 is 0 Å². The highest BCUT2D eigenvalue weighted by Gasteiger charge is 2.28. The third-order valence-electron chi connectivity index (χ3n) is 3.47. The average molecular weight is 246 g/mol. The Bertz CT molecular complexity index is 428. The predicted octanol–water partition coefficient (Wildman–Crippen LogP) is 2.17. The maximum Gasteiger partial charge on any atom is 0.237 e. The molecule has 3 nitrogen and oxygen atoms in total. The Morgan fingerprint density at radius 2 is 2.06 bits per heavy atom. The van der Waals surface area contributed by atoms with Crippen molar-refractivity contribution in [3.05, 3.63) is 35.4 Å². The number of piperazine rings is 1. The number of amides is 1. The molecular weight excluding hydrogens is 224 g/mol. The lowest BCUT2D eigenvalue weighted by Gasteiger charge is -2.32. The van der Waals surface area contributed by atoms with Gasteiger partial charge in [0.1, 0.15) is 0 Å². The summed E-state index contributed by atoms with van der Waals surface area (Å²) in [5.74, 6) is 0.659. The lowest BCUT2D eigenvalue weighted by atomic mass is 9.96. The molecule has 1 heterocycles. The Balaban J connectivity index is 2.04. The Morgan fingerprint density at radius 3 is 2.67 bits per heavy atom. The molecule has 3 heteroatoms. The van der Waals surface area contributed by atoms with Crippen molar-refractivity contribution in [1.29, 1.82) is 0 Å². The molecule has 0 unspecified atom stereocenters. The predicted molar refractivity (Wildman–Crippen MR) is 73.3 cm³/mol. The molecule has 0 radical (unpaired) electrons. The van der Waals surface area contributed by atoms with Crippen LogP contribution in [0.25, 0.3) is 0 Å². The monoisotopic (exact) mass is 246 g/mol. The van der Waals surface area contributed by atoms with Crippen LogP contribution in [0.5, 0.6) is 0 Å². The zero-order valence-corrected chi connectivity index (χ0v) is 11.4. The van der Waals surface area contributed by atoms with E-state index in [4.69, 9.17) is 0 Å². The molecule has 1 aromatic rings. The van der Waals surface area contributed by atoms with Gasteiger partial charge in [-0.25, -0.2) is 0 Å². The van der Waals surface area contributed by atoms with Gasteiger partial charge in [0.25, 0.3) is 0 Å². The van der Waals surface area contributed by atoms with Crippen LogP contribution in [0.3, 0.4) is 0 Å². The molecule has 1 saturated heterocycles. The van der Waals surface area contributed by atoms with Crippen molar-refractivity contribution in [3.63, 3.8) is 0 Å². The van der Waals surface area contributed by atoms with E-state index in [1.165, 1.54) is 11.1 Å². The van der Waals surface area contributed by atoms with Crippen LogP contribution in [-0.2, 0) is 4.79 Å². The fourth-order valence-electron chi connectivity index (χ4n) is 2.50. The van der Waals surface area contributed by atoms with Crippen molar-refractivity contribution in [3.8, 4) is 0 Å². The van der Waals surface area contributed by atoms with Gasteiger partial charge in [-0.1, -0.05) is 38.1 Å². The molecule has 1 aliphatic heterocycles. The van der Waals surface area contributed by atoms with E-state index >= 15 is 0 Å². The van der Waals surface area contributed by atoms with Crippen molar-refractivity contribution < 1.29 is 4.79 Å². The van der Waals surface area contributed by atoms with Crippen LogP contribution in [0, 0.1) is 12.8 Å². The number of rotatable bonds is 3. The van der Waals surface area contributed by atoms with Crippen LogP contribution in [0.15, 0.2) is 24.3 Å². The second-order valence-electron chi connectivity index (χ2n) is 5.51. The SMILES string of the molecule is Cc1ccccc1[C@H]1CN[C@@H](CC(C)C)C(=O)N1. The summed E-state index contributed by atoms with van der Waals surface area (Å²) in [6.07, 6.45) is 0.895. The van der Waals surface area contributed by atoms with Crippen LogP contribution < -0.4 is 10.6 Å².